The summed E-state index contributed by atoms with van der Waals surface area (Å²) in [7, 11) is 0. The van der Waals surface area contributed by atoms with Crippen LogP contribution in [0.2, 0.25) is 0 Å². The van der Waals surface area contributed by atoms with E-state index in [4.69, 9.17) is 5.73 Å². The standard InChI is InChI=1S/C6H7N3S2/c7-6(10)9-8-4-5-2-1-3-11-5/h1-4H,(H3,7,9,10)/p+1. The van der Waals surface area contributed by atoms with Crippen molar-refractivity contribution >= 4 is 34.9 Å². The van der Waals surface area contributed by atoms with E-state index in [2.05, 4.69) is 22.7 Å². The van der Waals surface area contributed by atoms with Gasteiger partial charge in [0.05, 0.1) is 4.88 Å². The molecule has 1 aromatic rings. The Morgan fingerprint density at radius 3 is 3.18 bits per heavy atom. The van der Waals surface area contributed by atoms with E-state index >= 15 is 0 Å². The summed E-state index contributed by atoms with van der Waals surface area (Å²) in [5.74, 6) is 0. The van der Waals surface area contributed by atoms with Gasteiger partial charge in [-0.25, -0.2) is 0 Å². The molecule has 0 radical (unpaired) electrons. The number of nitrogens with two attached hydrogens (primary N) is 1. The summed E-state index contributed by atoms with van der Waals surface area (Å²) in [6, 6.07) is 3.96. The number of hydrogen-bond acceptors (Lipinski definition) is 2. The summed E-state index contributed by atoms with van der Waals surface area (Å²) in [4.78, 5) is 1.12. The third-order valence-corrected chi connectivity index (χ3v) is 1.87. The van der Waals surface area contributed by atoms with E-state index in [0.29, 0.717) is 0 Å². The first kappa shape index (κ1) is 8.16. The summed E-state index contributed by atoms with van der Waals surface area (Å²) in [5, 5.41) is 4.98. The highest BCUT2D eigenvalue weighted by Crippen LogP contribution is 2.02. The molecule has 1 rings (SSSR count). The molecule has 1 heterocycles. The molecule has 0 saturated heterocycles. The molecule has 1 aromatic heterocycles. The maximum absolute atomic E-state index is 5.17. The van der Waals surface area contributed by atoms with Gasteiger partial charge >= 0.3 is 0 Å². The first-order valence-electron chi connectivity index (χ1n) is 2.97. The van der Waals surface area contributed by atoms with Crippen LogP contribution < -0.4 is 16.3 Å². The van der Waals surface area contributed by atoms with Crippen LogP contribution in [0.5, 0.6) is 0 Å². The van der Waals surface area contributed by atoms with E-state index < -0.39 is 0 Å². The molecule has 0 saturated carbocycles. The average Bonchev–Trinajstić information content (AvgIpc) is 2.39. The van der Waals surface area contributed by atoms with Gasteiger partial charge in [-0.3, -0.25) is 0 Å². The molecule has 0 aliphatic heterocycles. The van der Waals surface area contributed by atoms with Crippen molar-refractivity contribution in [1.29, 1.82) is 0 Å². The van der Waals surface area contributed by atoms with Gasteiger partial charge in [-0.2, -0.15) is 0 Å². The van der Waals surface area contributed by atoms with Gasteiger partial charge in [-0.1, -0.05) is 6.07 Å². The molecular formula is C6H8N3S2+. The molecule has 0 bridgehead atoms. The van der Waals surface area contributed by atoms with Crippen LogP contribution in [0.1, 0.15) is 4.88 Å². The Kier molecular flexibility index (Phi) is 3.00. The second kappa shape index (κ2) is 4.05. The van der Waals surface area contributed by atoms with Gasteiger partial charge in [0.25, 0.3) is 0 Å². The molecule has 0 aliphatic carbocycles. The lowest BCUT2D eigenvalue weighted by molar-refractivity contribution is -0.499. The molecule has 3 nitrogen and oxygen atoms in total. The first-order valence-corrected chi connectivity index (χ1v) is 4.25. The fourth-order valence-electron chi connectivity index (χ4n) is 0.552. The lowest BCUT2D eigenvalue weighted by Crippen LogP contribution is -2.82. The van der Waals surface area contributed by atoms with Gasteiger partial charge in [0.2, 0.25) is 11.3 Å². The number of thiocarbonyl (C=S) groups is 1. The third kappa shape index (κ3) is 3.10. The average molecular weight is 186 g/mol. The Labute approximate surface area is 73.9 Å². The fourth-order valence-corrected chi connectivity index (χ4v) is 1.21. The van der Waals surface area contributed by atoms with Crippen molar-refractivity contribution in [3.63, 3.8) is 0 Å². The van der Waals surface area contributed by atoms with Crippen molar-refractivity contribution in [3.8, 4) is 0 Å². The van der Waals surface area contributed by atoms with Crippen LogP contribution in [0.4, 0.5) is 0 Å². The summed E-state index contributed by atoms with van der Waals surface area (Å²) in [6.45, 7) is 0. The summed E-state index contributed by atoms with van der Waals surface area (Å²) >= 11 is 6.21. The van der Waals surface area contributed by atoms with Gasteiger partial charge in [0.1, 0.15) is 0 Å². The zero-order valence-electron chi connectivity index (χ0n) is 5.70. The van der Waals surface area contributed by atoms with E-state index in [-0.39, 0.29) is 5.11 Å². The van der Waals surface area contributed by atoms with Gasteiger partial charge < -0.3 is 5.73 Å². The summed E-state index contributed by atoms with van der Waals surface area (Å²) < 4.78 is 0. The minimum atomic E-state index is 0.234. The zero-order chi connectivity index (χ0) is 8.10. The molecule has 0 atom stereocenters. The fraction of sp³-hybridized carbons (Fsp3) is 0. The smallest absolute Gasteiger partial charge is 0.221 e. The van der Waals surface area contributed by atoms with Crippen molar-refractivity contribution in [2.24, 2.45) is 5.73 Å². The Bertz CT molecular complexity index is 253. The molecule has 0 aliphatic rings. The number of nitrogens with one attached hydrogen (secondary N) is 2. The molecular weight excluding hydrogens is 178 g/mol. The molecule has 0 aromatic carbocycles. The predicted octanol–water partition coefficient (Wildman–Crippen LogP) is -1.00. The van der Waals surface area contributed by atoms with Crippen LogP contribution in [0.15, 0.2) is 17.5 Å². The van der Waals surface area contributed by atoms with Gasteiger partial charge in [-0.05, 0) is 23.7 Å². The van der Waals surface area contributed by atoms with Crippen molar-refractivity contribution in [1.82, 2.24) is 5.43 Å². The highest BCUT2D eigenvalue weighted by molar-refractivity contribution is 7.80. The van der Waals surface area contributed by atoms with Crippen LogP contribution in [0.3, 0.4) is 0 Å². The minimum Gasteiger partial charge on any atom is -0.372 e. The zero-order valence-corrected chi connectivity index (χ0v) is 7.34. The summed E-state index contributed by atoms with van der Waals surface area (Å²) in [5.41, 5.74) is 7.77. The third-order valence-electron chi connectivity index (χ3n) is 0.953. The van der Waals surface area contributed by atoms with E-state index in [1.807, 2.05) is 17.5 Å². The second-order valence-electron chi connectivity index (χ2n) is 1.79. The number of rotatable bonds is 2. The molecule has 0 amide bonds. The molecule has 4 N–H and O–H groups in total. The highest BCUT2D eigenvalue weighted by atomic mass is 32.1. The van der Waals surface area contributed by atoms with Crippen molar-refractivity contribution in [2.45, 2.75) is 0 Å². The molecule has 58 valence electrons. The topological polar surface area (TPSA) is 52.0 Å². The van der Waals surface area contributed by atoms with Gasteiger partial charge in [0, 0.05) is 0 Å². The van der Waals surface area contributed by atoms with E-state index in [0.717, 1.165) is 4.88 Å². The number of hydrazine groups is 1. The normalized spacial score (nSPS) is 10.2. The maximum atomic E-state index is 5.17. The quantitative estimate of drug-likeness (QED) is 0.315. The lowest BCUT2D eigenvalue weighted by atomic mass is 10.5. The lowest BCUT2D eigenvalue weighted by Gasteiger charge is -1.84. The van der Waals surface area contributed by atoms with Crippen LogP contribution in [0.25, 0.3) is 0 Å². The number of hydrazone groups is 1. The first-order chi connectivity index (χ1) is 5.29. The van der Waals surface area contributed by atoms with Crippen LogP contribution >= 0.6 is 23.6 Å². The summed E-state index contributed by atoms with van der Waals surface area (Å²) in [6.07, 6.45) is 1.80. The van der Waals surface area contributed by atoms with Gasteiger partial charge in [0.15, 0.2) is 0 Å². The monoisotopic (exact) mass is 186 g/mol. The largest absolute Gasteiger partial charge is 0.372 e. The van der Waals surface area contributed by atoms with E-state index in [1.165, 1.54) is 0 Å². The Balaban J connectivity index is 2.43. The minimum absolute atomic E-state index is 0.234. The van der Waals surface area contributed by atoms with Crippen molar-refractivity contribution in [3.05, 3.63) is 22.4 Å². The van der Waals surface area contributed by atoms with Crippen LogP contribution in [-0.4, -0.2) is 11.3 Å². The molecule has 5 heteroatoms. The van der Waals surface area contributed by atoms with Crippen molar-refractivity contribution in [2.75, 3.05) is 0 Å². The molecule has 0 unspecified atom stereocenters. The number of thiophene rings is 1. The molecule has 0 spiro atoms. The van der Waals surface area contributed by atoms with Crippen LogP contribution in [0, 0.1) is 0 Å². The SMILES string of the molecule is NC(=S)N[NH+]=Cc1cccs1. The number of hydrogen-bond donors (Lipinski definition) is 3. The second-order valence-corrected chi connectivity index (χ2v) is 3.21. The van der Waals surface area contributed by atoms with Crippen LogP contribution in [-0.2, 0) is 0 Å². The highest BCUT2D eigenvalue weighted by Gasteiger charge is 1.90. The predicted molar refractivity (Wildman–Crippen MR) is 50.4 cm³/mol. The maximum Gasteiger partial charge on any atom is 0.221 e. The van der Waals surface area contributed by atoms with E-state index in [9.17, 15) is 0 Å². The molecule has 0 fully saturated rings. The van der Waals surface area contributed by atoms with Crippen molar-refractivity contribution < 1.29 is 5.10 Å². The Hall–Kier alpha value is -0.940. The van der Waals surface area contributed by atoms with E-state index in [1.54, 1.807) is 17.6 Å². The van der Waals surface area contributed by atoms with Gasteiger partial charge in [-0.15, -0.1) is 21.9 Å². The Morgan fingerprint density at radius 2 is 2.64 bits per heavy atom. The molecule has 11 heavy (non-hydrogen) atoms. The Morgan fingerprint density at radius 1 is 1.82 bits per heavy atom.